The van der Waals surface area contributed by atoms with Gasteiger partial charge in [-0.25, -0.2) is 4.98 Å². The Labute approximate surface area is 101 Å². The average Bonchev–Trinajstić information content (AvgIpc) is 2.75. The van der Waals surface area contributed by atoms with Gasteiger partial charge in [-0.05, 0) is 31.4 Å². The van der Waals surface area contributed by atoms with E-state index in [1.807, 2.05) is 23.3 Å². The van der Waals surface area contributed by atoms with Crippen LogP contribution in [-0.4, -0.2) is 23.5 Å². The Kier molecular flexibility index (Phi) is 7.97. The molecule has 0 atom stereocenters. The lowest BCUT2D eigenvalue weighted by Gasteiger charge is -2.02. The molecule has 0 aliphatic heterocycles. The highest BCUT2D eigenvalue weighted by atomic mass is 32.2. The van der Waals surface area contributed by atoms with Gasteiger partial charge in [0.15, 0.2) is 0 Å². The Hall–Kier alpha value is -0.0600. The van der Waals surface area contributed by atoms with Gasteiger partial charge in [-0.1, -0.05) is 12.8 Å². The van der Waals surface area contributed by atoms with Gasteiger partial charge in [-0.2, -0.15) is 11.8 Å². The summed E-state index contributed by atoms with van der Waals surface area (Å²) < 4.78 is 0. The van der Waals surface area contributed by atoms with Gasteiger partial charge in [-0.15, -0.1) is 11.3 Å². The topological polar surface area (TPSA) is 24.9 Å². The van der Waals surface area contributed by atoms with Crippen molar-refractivity contribution in [3.63, 3.8) is 0 Å². The quantitative estimate of drug-likeness (QED) is 0.676. The summed E-state index contributed by atoms with van der Waals surface area (Å²) in [5, 5.41) is 6.64. The van der Waals surface area contributed by atoms with Crippen LogP contribution in [0.3, 0.4) is 0 Å². The van der Waals surface area contributed by atoms with E-state index in [2.05, 4.69) is 16.6 Å². The number of thiazole rings is 1. The predicted molar refractivity (Wildman–Crippen MR) is 70.7 cm³/mol. The minimum absolute atomic E-state index is 0.933. The van der Waals surface area contributed by atoms with E-state index in [0.29, 0.717) is 0 Å². The summed E-state index contributed by atoms with van der Waals surface area (Å²) in [6.07, 6.45) is 9.43. The Balaban J connectivity index is 1.81. The van der Waals surface area contributed by atoms with Crippen LogP contribution in [0.2, 0.25) is 0 Å². The zero-order valence-corrected chi connectivity index (χ0v) is 11.0. The molecule has 4 heteroatoms. The molecule has 1 rings (SSSR count). The fraction of sp³-hybridized carbons (Fsp3) is 0.727. The number of aromatic nitrogens is 1. The molecule has 1 aromatic heterocycles. The first kappa shape index (κ1) is 13.0. The molecule has 0 aliphatic carbocycles. The van der Waals surface area contributed by atoms with Crippen molar-refractivity contribution >= 4 is 23.1 Å². The molecule has 0 aromatic carbocycles. The zero-order valence-electron chi connectivity index (χ0n) is 9.37. The molecule has 0 amide bonds. The van der Waals surface area contributed by atoms with E-state index in [4.69, 9.17) is 0 Å². The molecular formula is C11H20N2S2. The maximum absolute atomic E-state index is 4.23. The van der Waals surface area contributed by atoms with Gasteiger partial charge < -0.3 is 5.32 Å². The smallest absolute Gasteiger partial charge is 0.106 e. The number of unbranched alkanes of at least 4 members (excludes halogenated alkanes) is 3. The number of thioether (sulfide) groups is 1. The SMILES string of the molecule is CSCCCCCCNCc1nccs1. The molecule has 0 saturated carbocycles. The second-order valence-electron chi connectivity index (χ2n) is 3.51. The molecular weight excluding hydrogens is 224 g/mol. The van der Waals surface area contributed by atoms with E-state index >= 15 is 0 Å². The summed E-state index contributed by atoms with van der Waals surface area (Å²) >= 11 is 3.67. The predicted octanol–water partition coefficient (Wildman–Crippen LogP) is 3.16. The van der Waals surface area contributed by atoms with E-state index in [1.165, 1.54) is 36.4 Å². The highest BCUT2D eigenvalue weighted by Crippen LogP contribution is 2.05. The fourth-order valence-corrected chi connectivity index (χ4v) is 2.46. The van der Waals surface area contributed by atoms with E-state index in [9.17, 15) is 0 Å². The number of hydrogen-bond acceptors (Lipinski definition) is 4. The number of nitrogens with zero attached hydrogens (tertiary/aromatic N) is 1. The van der Waals surface area contributed by atoms with Gasteiger partial charge in [0.1, 0.15) is 5.01 Å². The van der Waals surface area contributed by atoms with Gasteiger partial charge in [0.2, 0.25) is 0 Å². The lowest BCUT2D eigenvalue weighted by Crippen LogP contribution is -2.14. The van der Waals surface area contributed by atoms with Gasteiger partial charge in [-0.3, -0.25) is 0 Å². The van der Waals surface area contributed by atoms with Crippen LogP contribution in [0.5, 0.6) is 0 Å². The van der Waals surface area contributed by atoms with Crippen LogP contribution in [0.1, 0.15) is 30.7 Å². The summed E-state index contributed by atoms with van der Waals surface area (Å²) in [5.74, 6) is 1.31. The first-order valence-electron chi connectivity index (χ1n) is 5.51. The number of nitrogens with one attached hydrogen (secondary N) is 1. The van der Waals surface area contributed by atoms with Crippen molar-refractivity contribution in [1.29, 1.82) is 0 Å². The minimum Gasteiger partial charge on any atom is -0.310 e. The van der Waals surface area contributed by atoms with Gasteiger partial charge >= 0.3 is 0 Å². The molecule has 86 valence electrons. The third-order valence-corrected chi connectivity index (χ3v) is 3.69. The first-order valence-corrected chi connectivity index (χ1v) is 7.79. The van der Waals surface area contributed by atoms with Crippen molar-refractivity contribution in [2.75, 3.05) is 18.6 Å². The highest BCUT2D eigenvalue weighted by molar-refractivity contribution is 7.98. The van der Waals surface area contributed by atoms with Gasteiger partial charge in [0.05, 0.1) is 0 Å². The molecule has 0 aliphatic rings. The Bertz CT molecular complexity index is 225. The molecule has 2 nitrogen and oxygen atoms in total. The standard InChI is InChI=1S/C11H20N2S2/c1-14-8-5-3-2-4-6-12-10-11-13-7-9-15-11/h7,9,12H,2-6,8,10H2,1H3. The van der Waals surface area contributed by atoms with Crippen molar-refractivity contribution in [2.45, 2.75) is 32.2 Å². The van der Waals surface area contributed by atoms with E-state index in [0.717, 1.165) is 13.1 Å². The third-order valence-electron chi connectivity index (χ3n) is 2.21. The van der Waals surface area contributed by atoms with Crippen LogP contribution in [-0.2, 0) is 6.54 Å². The second kappa shape index (κ2) is 9.19. The summed E-state index contributed by atoms with van der Waals surface area (Å²) in [4.78, 5) is 4.23. The molecule has 0 fully saturated rings. The summed E-state index contributed by atoms with van der Waals surface area (Å²) in [7, 11) is 0. The van der Waals surface area contributed by atoms with Crippen molar-refractivity contribution < 1.29 is 0 Å². The van der Waals surface area contributed by atoms with Crippen molar-refractivity contribution in [1.82, 2.24) is 10.3 Å². The molecule has 0 spiro atoms. The van der Waals surface area contributed by atoms with Crippen LogP contribution in [0, 0.1) is 0 Å². The van der Waals surface area contributed by atoms with Crippen LogP contribution in [0.15, 0.2) is 11.6 Å². The Morgan fingerprint density at radius 3 is 2.93 bits per heavy atom. The maximum Gasteiger partial charge on any atom is 0.106 e. The zero-order chi connectivity index (χ0) is 10.8. The molecule has 0 bridgehead atoms. The Morgan fingerprint density at radius 1 is 1.33 bits per heavy atom. The number of hydrogen-bond donors (Lipinski definition) is 1. The Morgan fingerprint density at radius 2 is 2.20 bits per heavy atom. The van der Waals surface area contributed by atoms with E-state index < -0.39 is 0 Å². The molecule has 0 saturated heterocycles. The summed E-state index contributed by atoms with van der Waals surface area (Å²) in [6, 6.07) is 0. The van der Waals surface area contributed by atoms with Gasteiger partial charge in [0, 0.05) is 18.1 Å². The van der Waals surface area contributed by atoms with Crippen LogP contribution >= 0.6 is 23.1 Å². The number of rotatable bonds is 9. The van der Waals surface area contributed by atoms with Crippen molar-refractivity contribution in [3.8, 4) is 0 Å². The maximum atomic E-state index is 4.23. The third kappa shape index (κ3) is 6.93. The van der Waals surface area contributed by atoms with Crippen LogP contribution in [0.25, 0.3) is 0 Å². The van der Waals surface area contributed by atoms with Gasteiger partial charge in [0.25, 0.3) is 0 Å². The molecule has 1 aromatic rings. The van der Waals surface area contributed by atoms with Crippen LogP contribution in [0.4, 0.5) is 0 Å². The van der Waals surface area contributed by atoms with Crippen molar-refractivity contribution in [2.24, 2.45) is 0 Å². The lowest BCUT2D eigenvalue weighted by molar-refractivity contribution is 0.598. The molecule has 1 N–H and O–H groups in total. The molecule has 15 heavy (non-hydrogen) atoms. The fourth-order valence-electron chi connectivity index (χ4n) is 1.39. The van der Waals surface area contributed by atoms with E-state index in [-0.39, 0.29) is 0 Å². The van der Waals surface area contributed by atoms with E-state index in [1.54, 1.807) is 11.3 Å². The average molecular weight is 244 g/mol. The normalized spacial score (nSPS) is 10.7. The summed E-state index contributed by atoms with van der Waals surface area (Å²) in [6.45, 7) is 2.06. The van der Waals surface area contributed by atoms with Crippen molar-refractivity contribution in [3.05, 3.63) is 16.6 Å². The summed E-state index contributed by atoms with van der Waals surface area (Å²) in [5.41, 5.74) is 0. The molecule has 0 radical (unpaired) electrons. The van der Waals surface area contributed by atoms with Crippen LogP contribution < -0.4 is 5.32 Å². The molecule has 1 heterocycles. The lowest BCUT2D eigenvalue weighted by atomic mass is 10.2. The minimum atomic E-state index is 0.933. The second-order valence-corrected chi connectivity index (χ2v) is 5.47. The highest BCUT2D eigenvalue weighted by Gasteiger charge is 1.94. The monoisotopic (exact) mass is 244 g/mol. The first-order chi connectivity index (χ1) is 7.43. The largest absolute Gasteiger partial charge is 0.310 e. The molecule has 0 unspecified atom stereocenters.